The van der Waals surface area contributed by atoms with Crippen molar-refractivity contribution in [3.63, 3.8) is 0 Å². The number of carboxylic acid groups (broad SMARTS) is 1. The lowest BCUT2D eigenvalue weighted by molar-refractivity contribution is -0.137. The number of rotatable bonds is 8. The third-order valence-electron chi connectivity index (χ3n) is 2.34. The molecule has 2 amide bonds. The average molecular weight is 244 g/mol. The summed E-state index contributed by atoms with van der Waals surface area (Å²) in [6, 6.07) is -0.280. The van der Waals surface area contributed by atoms with Gasteiger partial charge in [0, 0.05) is 13.1 Å². The van der Waals surface area contributed by atoms with Crippen molar-refractivity contribution in [2.45, 2.75) is 40.0 Å². The zero-order chi connectivity index (χ0) is 13.3. The minimum atomic E-state index is -0.976. The van der Waals surface area contributed by atoms with Gasteiger partial charge in [0.15, 0.2) is 0 Å². The van der Waals surface area contributed by atoms with E-state index < -0.39 is 5.97 Å². The summed E-state index contributed by atoms with van der Waals surface area (Å²) in [6.07, 6.45) is 2.75. The molecule has 0 aliphatic heterocycles. The van der Waals surface area contributed by atoms with Gasteiger partial charge in [-0.3, -0.25) is 4.79 Å². The second kappa shape index (κ2) is 8.84. The standard InChI is InChI=1S/C12H24N2O3/c1-4-8-14(9-11(15)16)12(17)13-7-5-6-10(2)3/h10H,4-9H2,1-3H3,(H,13,17)(H,15,16). The van der Waals surface area contributed by atoms with Gasteiger partial charge < -0.3 is 15.3 Å². The first kappa shape index (κ1) is 15.7. The molecule has 0 saturated carbocycles. The largest absolute Gasteiger partial charge is 0.480 e. The number of aliphatic carboxylic acids is 1. The summed E-state index contributed by atoms with van der Waals surface area (Å²) in [4.78, 5) is 23.6. The summed E-state index contributed by atoms with van der Waals surface area (Å²) in [5, 5.41) is 11.4. The van der Waals surface area contributed by atoms with Gasteiger partial charge in [0.25, 0.3) is 0 Å². The van der Waals surface area contributed by atoms with Gasteiger partial charge in [0.2, 0.25) is 0 Å². The van der Waals surface area contributed by atoms with Crippen LogP contribution in [0.1, 0.15) is 40.0 Å². The van der Waals surface area contributed by atoms with Gasteiger partial charge in [0.05, 0.1) is 0 Å². The summed E-state index contributed by atoms with van der Waals surface area (Å²) in [7, 11) is 0. The highest BCUT2D eigenvalue weighted by Crippen LogP contribution is 2.02. The lowest BCUT2D eigenvalue weighted by atomic mass is 10.1. The van der Waals surface area contributed by atoms with Crippen molar-refractivity contribution in [1.29, 1.82) is 0 Å². The summed E-state index contributed by atoms with van der Waals surface area (Å²) in [5.74, 6) is -0.353. The first-order chi connectivity index (χ1) is 7.97. The number of carbonyl (C=O) groups excluding carboxylic acids is 1. The topological polar surface area (TPSA) is 69.6 Å². The Morgan fingerprint density at radius 3 is 2.47 bits per heavy atom. The first-order valence-electron chi connectivity index (χ1n) is 6.22. The predicted molar refractivity (Wildman–Crippen MR) is 67.0 cm³/mol. The molecule has 0 aromatic heterocycles. The molecule has 5 nitrogen and oxygen atoms in total. The van der Waals surface area contributed by atoms with E-state index in [1.807, 2.05) is 6.92 Å². The van der Waals surface area contributed by atoms with Gasteiger partial charge in [0.1, 0.15) is 6.54 Å². The molecule has 17 heavy (non-hydrogen) atoms. The maximum atomic E-state index is 11.7. The quantitative estimate of drug-likeness (QED) is 0.641. The van der Waals surface area contributed by atoms with E-state index in [1.54, 1.807) is 0 Å². The Bertz CT molecular complexity index is 242. The molecule has 0 radical (unpaired) electrons. The van der Waals surface area contributed by atoms with Crippen LogP contribution >= 0.6 is 0 Å². The Hall–Kier alpha value is -1.26. The monoisotopic (exact) mass is 244 g/mol. The van der Waals surface area contributed by atoms with Crippen LogP contribution in [0.4, 0.5) is 4.79 Å². The maximum Gasteiger partial charge on any atom is 0.323 e. The number of hydrogen-bond acceptors (Lipinski definition) is 2. The summed E-state index contributed by atoms with van der Waals surface area (Å²) >= 11 is 0. The van der Waals surface area contributed by atoms with Crippen LogP contribution in [0, 0.1) is 5.92 Å². The molecule has 0 aromatic rings. The SMILES string of the molecule is CCCN(CC(=O)O)C(=O)NCCCC(C)C. The van der Waals surface area contributed by atoms with Crippen molar-refractivity contribution < 1.29 is 14.7 Å². The van der Waals surface area contributed by atoms with E-state index in [4.69, 9.17) is 5.11 Å². The number of nitrogens with zero attached hydrogens (tertiary/aromatic N) is 1. The predicted octanol–water partition coefficient (Wildman–Crippen LogP) is 1.93. The van der Waals surface area contributed by atoms with Gasteiger partial charge in [-0.2, -0.15) is 0 Å². The smallest absolute Gasteiger partial charge is 0.323 e. The normalized spacial score (nSPS) is 10.4. The van der Waals surface area contributed by atoms with Crippen LogP contribution in [-0.4, -0.2) is 41.6 Å². The van der Waals surface area contributed by atoms with E-state index in [0.717, 1.165) is 19.3 Å². The number of amides is 2. The second-order valence-corrected chi connectivity index (χ2v) is 4.58. The molecule has 2 N–H and O–H groups in total. The Morgan fingerprint density at radius 1 is 1.35 bits per heavy atom. The van der Waals surface area contributed by atoms with Gasteiger partial charge >= 0.3 is 12.0 Å². The Balaban J connectivity index is 3.92. The van der Waals surface area contributed by atoms with Gasteiger partial charge in [-0.15, -0.1) is 0 Å². The number of nitrogens with one attached hydrogen (secondary N) is 1. The highest BCUT2D eigenvalue weighted by Gasteiger charge is 2.14. The highest BCUT2D eigenvalue weighted by molar-refractivity contribution is 5.79. The zero-order valence-electron chi connectivity index (χ0n) is 11.0. The molecule has 0 aliphatic rings. The van der Waals surface area contributed by atoms with Gasteiger partial charge in [-0.25, -0.2) is 4.79 Å². The minimum Gasteiger partial charge on any atom is -0.480 e. The van der Waals surface area contributed by atoms with Crippen molar-refractivity contribution in [3.05, 3.63) is 0 Å². The maximum absolute atomic E-state index is 11.7. The van der Waals surface area contributed by atoms with Crippen molar-refractivity contribution in [2.75, 3.05) is 19.6 Å². The molecule has 0 heterocycles. The molecule has 0 spiro atoms. The molecule has 0 unspecified atom stereocenters. The van der Waals surface area contributed by atoms with E-state index in [9.17, 15) is 9.59 Å². The van der Waals surface area contributed by atoms with Crippen molar-refractivity contribution in [2.24, 2.45) is 5.92 Å². The average Bonchev–Trinajstić information content (AvgIpc) is 2.22. The number of urea groups is 1. The summed E-state index contributed by atoms with van der Waals surface area (Å²) in [5.41, 5.74) is 0. The molecular weight excluding hydrogens is 220 g/mol. The molecule has 0 saturated heterocycles. The third kappa shape index (κ3) is 8.54. The van der Waals surface area contributed by atoms with Crippen molar-refractivity contribution in [1.82, 2.24) is 10.2 Å². The molecule has 0 rings (SSSR count). The minimum absolute atomic E-state index is 0.232. The summed E-state index contributed by atoms with van der Waals surface area (Å²) in [6.45, 7) is 7.04. The van der Waals surface area contributed by atoms with Crippen molar-refractivity contribution in [3.8, 4) is 0 Å². The number of carbonyl (C=O) groups is 2. The fourth-order valence-corrected chi connectivity index (χ4v) is 1.50. The number of hydrogen-bond donors (Lipinski definition) is 2. The summed E-state index contributed by atoms with van der Waals surface area (Å²) < 4.78 is 0. The zero-order valence-corrected chi connectivity index (χ0v) is 11.0. The fourth-order valence-electron chi connectivity index (χ4n) is 1.50. The van der Waals surface area contributed by atoms with E-state index in [0.29, 0.717) is 19.0 Å². The molecule has 0 aromatic carbocycles. The fraction of sp³-hybridized carbons (Fsp3) is 0.833. The third-order valence-corrected chi connectivity index (χ3v) is 2.34. The van der Waals surface area contributed by atoms with Crippen LogP contribution in [-0.2, 0) is 4.79 Å². The van der Waals surface area contributed by atoms with Gasteiger partial charge in [-0.1, -0.05) is 20.8 Å². The van der Waals surface area contributed by atoms with Crippen LogP contribution in [0.5, 0.6) is 0 Å². The van der Waals surface area contributed by atoms with Crippen molar-refractivity contribution >= 4 is 12.0 Å². The van der Waals surface area contributed by atoms with E-state index in [1.165, 1.54) is 4.90 Å². The molecule has 0 fully saturated rings. The number of carboxylic acids is 1. The molecular formula is C12H24N2O3. The molecule has 100 valence electrons. The van der Waals surface area contributed by atoms with Crippen LogP contribution in [0.15, 0.2) is 0 Å². The van der Waals surface area contributed by atoms with E-state index in [2.05, 4.69) is 19.2 Å². The van der Waals surface area contributed by atoms with Crippen LogP contribution in [0.2, 0.25) is 0 Å². The molecule has 0 bridgehead atoms. The lowest BCUT2D eigenvalue weighted by Gasteiger charge is -2.20. The second-order valence-electron chi connectivity index (χ2n) is 4.58. The van der Waals surface area contributed by atoms with Gasteiger partial charge in [-0.05, 0) is 25.2 Å². The van der Waals surface area contributed by atoms with Crippen LogP contribution < -0.4 is 5.32 Å². The molecule has 0 atom stereocenters. The Kier molecular flexibility index (Phi) is 8.19. The lowest BCUT2D eigenvalue weighted by Crippen LogP contribution is -2.43. The molecule has 0 aliphatic carbocycles. The molecule has 5 heteroatoms. The van der Waals surface area contributed by atoms with Crippen LogP contribution in [0.25, 0.3) is 0 Å². The van der Waals surface area contributed by atoms with E-state index in [-0.39, 0.29) is 12.6 Å². The Morgan fingerprint density at radius 2 is 2.00 bits per heavy atom. The van der Waals surface area contributed by atoms with Crippen LogP contribution in [0.3, 0.4) is 0 Å². The first-order valence-corrected chi connectivity index (χ1v) is 6.22. The van der Waals surface area contributed by atoms with E-state index >= 15 is 0 Å². The Labute approximate surface area is 103 Å². The highest BCUT2D eigenvalue weighted by atomic mass is 16.4.